The fraction of sp³-hybridized carbons (Fsp3) is 0.455. The molecule has 1 heteroatoms. The third kappa shape index (κ3) is 1.25. The highest BCUT2D eigenvalue weighted by molar-refractivity contribution is 5.33. The number of hydrogen-bond donors (Lipinski definition) is 0. The average molecular weight is 161 g/mol. The van der Waals surface area contributed by atoms with E-state index in [2.05, 4.69) is 43.1 Å². The zero-order valence-corrected chi connectivity index (χ0v) is 7.75. The Hall–Kier alpha value is -0.820. The summed E-state index contributed by atoms with van der Waals surface area (Å²) in [7, 11) is 2.18. The largest absolute Gasteiger partial charge is 0.296 e. The normalized spacial score (nSPS) is 27.2. The van der Waals surface area contributed by atoms with E-state index in [4.69, 9.17) is 0 Å². The first-order valence-corrected chi connectivity index (χ1v) is 4.61. The van der Waals surface area contributed by atoms with Crippen LogP contribution in [0.1, 0.15) is 24.1 Å². The first-order chi connectivity index (χ1) is 5.83. The molecule has 0 radical (unpaired) electrons. The van der Waals surface area contributed by atoms with E-state index >= 15 is 0 Å². The highest BCUT2D eigenvalue weighted by atomic mass is 15.3. The van der Waals surface area contributed by atoms with Crippen LogP contribution in [0.25, 0.3) is 0 Å². The summed E-state index contributed by atoms with van der Waals surface area (Å²) in [6.45, 7) is 3.46. The maximum atomic E-state index is 2.37. The van der Waals surface area contributed by atoms with Crippen LogP contribution in [0.4, 0.5) is 0 Å². The van der Waals surface area contributed by atoms with Crippen molar-refractivity contribution in [2.24, 2.45) is 0 Å². The van der Waals surface area contributed by atoms with Crippen molar-refractivity contribution < 1.29 is 0 Å². The minimum atomic E-state index is 0.709. The second-order valence-electron chi connectivity index (χ2n) is 3.51. The smallest absolute Gasteiger partial charge is 0.0475 e. The minimum absolute atomic E-state index is 0.709. The molecule has 64 valence electrons. The van der Waals surface area contributed by atoms with Gasteiger partial charge in [-0.3, -0.25) is 4.90 Å². The van der Waals surface area contributed by atoms with Crippen molar-refractivity contribution in [2.45, 2.75) is 19.4 Å². The van der Waals surface area contributed by atoms with E-state index in [9.17, 15) is 0 Å². The van der Waals surface area contributed by atoms with Crippen LogP contribution in [0.5, 0.6) is 0 Å². The van der Waals surface area contributed by atoms with Gasteiger partial charge in [-0.2, -0.15) is 0 Å². The molecule has 0 N–H and O–H groups in total. The third-order valence-electron chi connectivity index (χ3n) is 2.65. The van der Waals surface area contributed by atoms with Gasteiger partial charge in [0.2, 0.25) is 0 Å². The summed E-state index contributed by atoms with van der Waals surface area (Å²) >= 11 is 0. The molecule has 2 unspecified atom stereocenters. The molecule has 12 heavy (non-hydrogen) atoms. The van der Waals surface area contributed by atoms with Crippen LogP contribution in [0.3, 0.4) is 0 Å². The van der Waals surface area contributed by atoms with Gasteiger partial charge in [-0.25, -0.2) is 0 Å². The Morgan fingerprint density at radius 2 is 2.08 bits per heavy atom. The van der Waals surface area contributed by atoms with Crippen LogP contribution < -0.4 is 0 Å². The molecule has 1 saturated heterocycles. The first-order valence-electron chi connectivity index (χ1n) is 4.61. The summed E-state index contributed by atoms with van der Waals surface area (Å²) in [5.74, 6) is 0. The summed E-state index contributed by atoms with van der Waals surface area (Å²) in [5.41, 5.74) is 3.04. The highest BCUT2D eigenvalue weighted by Crippen LogP contribution is 2.34. The van der Waals surface area contributed by atoms with E-state index in [0.717, 1.165) is 6.42 Å². The number of rotatable bonds is 2. The summed E-state index contributed by atoms with van der Waals surface area (Å²) < 4.78 is 0. The predicted molar refractivity (Wildman–Crippen MR) is 51.2 cm³/mol. The lowest BCUT2D eigenvalue weighted by atomic mass is 10.0. The van der Waals surface area contributed by atoms with Gasteiger partial charge in [0.1, 0.15) is 0 Å². The lowest BCUT2D eigenvalue weighted by Crippen LogP contribution is -1.93. The lowest BCUT2D eigenvalue weighted by molar-refractivity contribution is 0.628. The van der Waals surface area contributed by atoms with Crippen LogP contribution >= 0.6 is 0 Å². The monoisotopic (exact) mass is 161 g/mol. The Morgan fingerprint density at radius 1 is 1.42 bits per heavy atom. The van der Waals surface area contributed by atoms with Crippen molar-refractivity contribution in [3.63, 3.8) is 0 Å². The van der Waals surface area contributed by atoms with E-state index in [1.807, 2.05) is 0 Å². The fourth-order valence-electron chi connectivity index (χ4n) is 1.74. The molecule has 0 aromatic heterocycles. The molecular weight excluding hydrogens is 146 g/mol. The number of aryl methyl sites for hydroxylation is 1. The van der Waals surface area contributed by atoms with Crippen molar-refractivity contribution >= 4 is 0 Å². The number of nitrogens with zero attached hydrogens (tertiary/aromatic N) is 1. The highest BCUT2D eigenvalue weighted by Gasteiger charge is 2.32. The topological polar surface area (TPSA) is 3.01 Å². The molecule has 2 atom stereocenters. The van der Waals surface area contributed by atoms with Gasteiger partial charge in [0.05, 0.1) is 0 Å². The van der Waals surface area contributed by atoms with Crippen LogP contribution in [-0.2, 0) is 6.42 Å². The Labute approximate surface area is 74.0 Å². The molecule has 1 heterocycles. The van der Waals surface area contributed by atoms with Gasteiger partial charge < -0.3 is 0 Å². The first kappa shape index (κ1) is 7.81. The van der Waals surface area contributed by atoms with Crippen molar-refractivity contribution in [3.8, 4) is 0 Å². The third-order valence-corrected chi connectivity index (χ3v) is 2.65. The molecule has 1 nitrogen and oxygen atoms in total. The number of hydrogen-bond acceptors (Lipinski definition) is 1. The minimum Gasteiger partial charge on any atom is -0.296 e. The molecule has 1 aliphatic heterocycles. The molecule has 0 bridgehead atoms. The summed E-state index contributed by atoms with van der Waals surface area (Å²) in [6.07, 6.45) is 1.15. The predicted octanol–water partition coefficient (Wildman–Crippen LogP) is 2.24. The van der Waals surface area contributed by atoms with E-state index in [0.29, 0.717) is 6.04 Å². The Morgan fingerprint density at radius 3 is 2.67 bits per heavy atom. The SMILES string of the molecule is CCc1ccccc1C1CN1C. The number of benzene rings is 1. The van der Waals surface area contributed by atoms with Crippen molar-refractivity contribution in [1.29, 1.82) is 0 Å². The Balaban J connectivity index is 2.29. The molecule has 1 fully saturated rings. The Kier molecular flexibility index (Phi) is 1.89. The molecule has 0 aliphatic carbocycles. The van der Waals surface area contributed by atoms with Gasteiger partial charge in [0.25, 0.3) is 0 Å². The van der Waals surface area contributed by atoms with E-state index in [1.165, 1.54) is 17.7 Å². The van der Waals surface area contributed by atoms with Gasteiger partial charge in [-0.1, -0.05) is 31.2 Å². The zero-order chi connectivity index (χ0) is 8.55. The molecule has 1 aliphatic rings. The van der Waals surface area contributed by atoms with Gasteiger partial charge >= 0.3 is 0 Å². The fourth-order valence-corrected chi connectivity index (χ4v) is 1.74. The second-order valence-corrected chi connectivity index (χ2v) is 3.51. The molecule has 1 aromatic carbocycles. The van der Waals surface area contributed by atoms with Crippen LogP contribution in [0.15, 0.2) is 24.3 Å². The van der Waals surface area contributed by atoms with Gasteiger partial charge in [0.15, 0.2) is 0 Å². The van der Waals surface area contributed by atoms with Crippen molar-refractivity contribution in [2.75, 3.05) is 13.6 Å². The second kappa shape index (κ2) is 2.91. The zero-order valence-electron chi connectivity index (χ0n) is 7.75. The molecule has 2 rings (SSSR count). The summed E-state index contributed by atoms with van der Waals surface area (Å²) in [6, 6.07) is 9.47. The maximum absolute atomic E-state index is 2.37. The molecule has 0 amide bonds. The van der Waals surface area contributed by atoms with Crippen molar-refractivity contribution in [1.82, 2.24) is 4.90 Å². The quantitative estimate of drug-likeness (QED) is 0.601. The molecule has 1 aromatic rings. The average Bonchev–Trinajstić information content (AvgIpc) is 2.83. The molecule has 0 spiro atoms. The number of likely N-dealkylation sites (N-methyl/N-ethyl adjacent to an activating group) is 1. The summed E-state index contributed by atoms with van der Waals surface area (Å²) in [5, 5.41) is 0. The molecular formula is C11H15N. The van der Waals surface area contributed by atoms with Crippen LogP contribution in [0.2, 0.25) is 0 Å². The Bertz CT molecular complexity index is 280. The maximum Gasteiger partial charge on any atom is 0.0475 e. The summed E-state index contributed by atoms with van der Waals surface area (Å²) in [4.78, 5) is 2.37. The van der Waals surface area contributed by atoms with Crippen LogP contribution in [0, 0.1) is 0 Å². The van der Waals surface area contributed by atoms with Gasteiger partial charge in [0, 0.05) is 12.6 Å². The standard InChI is InChI=1S/C11H15N/c1-3-9-6-4-5-7-10(9)11-8-12(11)2/h4-7,11H,3,8H2,1-2H3. The van der Waals surface area contributed by atoms with Gasteiger partial charge in [-0.15, -0.1) is 0 Å². The lowest BCUT2D eigenvalue weighted by Gasteiger charge is -2.05. The van der Waals surface area contributed by atoms with Gasteiger partial charge in [-0.05, 0) is 24.6 Å². The van der Waals surface area contributed by atoms with E-state index < -0.39 is 0 Å². The van der Waals surface area contributed by atoms with Crippen LogP contribution in [-0.4, -0.2) is 18.5 Å². The van der Waals surface area contributed by atoms with Crippen molar-refractivity contribution in [3.05, 3.63) is 35.4 Å². The van der Waals surface area contributed by atoms with E-state index in [-0.39, 0.29) is 0 Å². The van der Waals surface area contributed by atoms with E-state index in [1.54, 1.807) is 0 Å². The molecule has 0 saturated carbocycles.